The first-order valence-electron chi connectivity index (χ1n) is 14.2. The quantitative estimate of drug-likeness (QED) is 0.212. The molecule has 6 heteroatoms. The van der Waals surface area contributed by atoms with Crippen molar-refractivity contribution in [3.63, 3.8) is 0 Å². The predicted molar refractivity (Wildman–Crippen MR) is 155 cm³/mol. The minimum Gasteiger partial charge on any atom is -0.368 e. The van der Waals surface area contributed by atoms with Crippen LogP contribution in [0.1, 0.15) is 22.3 Å². The summed E-state index contributed by atoms with van der Waals surface area (Å²) in [6.07, 6.45) is -2.52. The maximum atomic E-state index is 6.65. The smallest absolute Gasteiger partial charge is 0.148 e. The van der Waals surface area contributed by atoms with E-state index in [1.165, 1.54) is 0 Å². The van der Waals surface area contributed by atoms with Crippen molar-refractivity contribution in [3.8, 4) is 0 Å². The van der Waals surface area contributed by atoms with Gasteiger partial charge in [-0.25, -0.2) is 0 Å². The van der Waals surface area contributed by atoms with Gasteiger partial charge in [-0.3, -0.25) is 0 Å². The number of benzene rings is 4. The Morgan fingerprint density at radius 3 is 1.02 bits per heavy atom. The maximum Gasteiger partial charge on any atom is 0.148 e. The molecule has 2 aliphatic rings. The summed E-state index contributed by atoms with van der Waals surface area (Å²) in [7, 11) is 0. The van der Waals surface area contributed by atoms with E-state index in [1.54, 1.807) is 0 Å². The Morgan fingerprint density at radius 2 is 0.683 bits per heavy atom. The summed E-state index contributed by atoms with van der Waals surface area (Å²) in [4.78, 5) is 0. The molecular formula is C35H36O6. The summed E-state index contributed by atoms with van der Waals surface area (Å²) in [5, 5.41) is 0. The van der Waals surface area contributed by atoms with Gasteiger partial charge in [0.15, 0.2) is 0 Å². The zero-order valence-corrected chi connectivity index (χ0v) is 23.0. The normalized spacial score (nSPS) is 25.6. The topological polar surface area (TPSA) is 55.4 Å². The lowest BCUT2D eigenvalue weighted by atomic mass is 9.83. The van der Waals surface area contributed by atoms with Crippen molar-refractivity contribution in [1.82, 2.24) is 0 Å². The predicted octanol–water partition coefficient (Wildman–Crippen LogP) is 6.08. The first-order chi connectivity index (χ1) is 20.3. The summed E-state index contributed by atoms with van der Waals surface area (Å²) in [6, 6.07) is 40.6. The lowest BCUT2D eigenvalue weighted by Crippen LogP contribution is -2.69. The van der Waals surface area contributed by atoms with Gasteiger partial charge in [-0.15, -0.1) is 0 Å². The average molecular weight is 553 g/mol. The first kappa shape index (κ1) is 27.8. The van der Waals surface area contributed by atoms with Crippen LogP contribution >= 0.6 is 0 Å². The van der Waals surface area contributed by atoms with Gasteiger partial charge in [0.2, 0.25) is 0 Å². The van der Waals surface area contributed by atoms with Crippen LogP contribution in [0.15, 0.2) is 121 Å². The fraction of sp³-hybridized carbons (Fsp3) is 0.314. The largest absolute Gasteiger partial charge is 0.368 e. The summed E-state index contributed by atoms with van der Waals surface area (Å²) in [5.74, 6) is 0. The van der Waals surface area contributed by atoms with E-state index in [0.717, 1.165) is 22.3 Å². The molecule has 1 saturated heterocycles. The summed E-state index contributed by atoms with van der Waals surface area (Å²) >= 11 is 0. The van der Waals surface area contributed by atoms with Crippen molar-refractivity contribution < 1.29 is 28.4 Å². The molecule has 2 unspecified atom stereocenters. The van der Waals surface area contributed by atoms with E-state index in [0.29, 0.717) is 26.4 Å². The Bertz CT molecular complexity index is 1240. The third-order valence-corrected chi connectivity index (χ3v) is 7.60. The lowest BCUT2D eigenvalue weighted by Gasteiger charge is -2.52. The molecule has 1 saturated carbocycles. The zero-order chi connectivity index (χ0) is 27.7. The molecule has 1 aliphatic heterocycles. The molecule has 6 nitrogen and oxygen atoms in total. The highest BCUT2D eigenvalue weighted by molar-refractivity contribution is 5.17. The van der Waals surface area contributed by atoms with Crippen LogP contribution in [-0.4, -0.2) is 43.4 Å². The molecule has 6 rings (SSSR count). The number of hydrogen-bond donors (Lipinski definition) is 0. The Balaban J connectivity index is 1.29. The van der Waals surface area contributed by atoms with Gasteiger partial charge >= 0.3 is 0 Å². The molecule has 2 bridgehead atoms. The second-order valence-electron chi connectivity index (χ2n) is 10.4. The van der Waals surface area contributed by atoms with Gasteiger partial charge in [0.05, 0.1) is 26.4 Å². The molecule has 4 aromatic rings. The van der Waals surface area contributed by atoms with Crippen LogP contribution in [0.4, 0.5) is 0 Å². The Labute approximate surface area is 241 Å². The standard InChI is InChI=1S/C35H36O6/c1-5-13-26(14-6-1)21-36-30-31(37-22-27-15-7-2-8-16-27)34-33(39-24-29-19-11-4-12-20-29)35(41-25-40-34)32(30)38-23-28-17-9-3-10-18-28/h1-20,30-35H,21-25H2/t30?,31-,32+,33?,34+,35-. The Morgan fingerprint density at radius 1 is 0.390 bits per heavy atom. The van der Waals surface area contributed by atoms with Crippen LogP contribution in [0.2, 0.25) is 0 Å². The molecule has 41 heavy (non-hydrogen) atoms. The van der Waals surface area contributed by atoms with Crippen LogP contribution in [0.25, 0.3) is 0 Å². The number of hydrogen-bond acceptors (Lipinski definition) is 6. The van der Waals surface area contributed by atoms with Gasteiger partial charge in [0, 0.05) is 0 Å². The average Bonchev–Trinajstić information content (AvgIpc) is 3.04. The summed E-state index contributed by atoms with van der Waals surface area (Å²) in [5.41, 5.74) is 4.31. The van der Waals surface area contributed by atoms with Crippen LogP contribution in [0.3, 0.4) is 0 Å². The number of fused-ring (bicyclic) bond motifs is 2. The van der Waals surface area contributed by atoms with Crippen molar-refractivity contribution in [1.29, 1.82) is 0 Å². The van der Waals surface area contributed by atoms with E-state index in [9.17, 15) is 0 Å². The third kappa shape index (κ3) is 7.11. The molecule has 0 radical (unpaired) electrons. The second-order valence-corrected chi connectivity index (χ2v) is 10.4. The highest BCUT2D eigenvalue weighted by Gasteiger charge is 2.57. The molecule has 212 valence electrons. The van der Waals surface area contributed by atoms with Crippen molar-refractivity contribution in [2.24, 2.45) is 0 Å². The molecule has 1 aliphatic carbocycles. The van der Waals surface area contributed by atoms with Gasteiger partial charge in [0.1, 0.15) is 43.4 Å². The fourth-order valence-electron chi connectivity index (χ4n) is 5.52. The van der Waals surface area contributed by atoms with Crippen LogP contribution < -0.4 is 0 Å². The van der Waals surface area contributed by atoms with Crippen LogP contribution in [0, 0.1) is 0 Å². The Kier molecular flexibility index (Phi) is 9.50. The highest BCUT2D eigenvalue weighted by atomic mass is 16.7. The van der Waals surface area contributed by atoms with E-state index in [2.05, 4.69) is 48.5 Å². The van der Waals surface area contributed by atoms with E-state index < -0.39 is 36.6 Å². The molecule has 6 atom stereocenters. The van der Waals surface area contributed by atoms with Crippen LogP contribution in [0.5, 0.6) is 0 Å². The third-order valence-electron chi connectivity index (χ3n) is 7.60. The van der Waals surface area contributed by atoms with E-state index in [1.807, 2.05) is 72.8 Å². The van der Waals surface area contributed by atoms with Crippen molar-refractivity contribution >= 4 is 0 Å². The summed E-state index contributed by atoms with van der Waals surface area (Å²) in [6.45, 7) is 1.81. The zero-order valence-electron chi connectivity index (χ0n) is 23.0. The van der Waals surface area contributed by atoms with Gasteiger partial charge < -0.3 is 28.4 Å². The molecular weight excluding hydrogens is 516 g/mol. The number of ether oxygens (including phenoxy) is 6. The first-order valence-corrected chi connectivity index (χ1v) is 14.2. The van der Waals surface area contributed by atoms with E-state index in [4.69, 9.17) is 28.4 Å². The van der Waals surface area contributed by atoms with Crippen molar-refractivity contribution in [2.75, 3.05) is 6.79 Å². The van der Waals surface area contributed by atoms with Gasteiger partial charge in [-0.1, -0.05) is 121 Å². The fourth-order valence-corrected chi connectivity index (χ4v) is 5.52. The lowest BCUT2D eigenvalue weighted by molar-refractivity contribution is -0.344. The van der Waals surface area contributed by atoms with Crippen molar-refractivity contribution in [2.45, 2.75) is 63.1 Å². The second kappa shape index (κ2) is 14.0. The minimum absolute atomic E-state index is 0.141. The molecule has 0 amide bonds. The molecule has 0 N–H and O–H groups in total. The highest BCUT2D eigenvalue weighted by Crippen LogP contribution is 2.38. The minimum atomic E-state index is -0.450. The van der Waals surface area contributed by atoms with E-state index >= 15 is 0 Å². The molecule has 0 spiro atoms. The Hall–Kier alpha value is -3.36. The molecule has 4 aromatic carbocycles. The van der Waals surface area contributed by atoms with Crippen LogP contribution in [-0.2, 0) is 54.8 Å². The monoisotopic (exact) mass is 552 g/mol. The summed E-state index contributed by atoms with van der Waals surface area (Å²) < 4.78 is 39.0. The van der Waals surface area contributed by atoms with Crippen molar-refractivity contribution in [3.05, 3.63) is 144 Å². The molecule has 2 fully saturated rings. The SMILES string of the molecule is c1ccc(COC2[C@H]3OCO[C@@H]2[C@@H](OCc2ccccc2)C(OCc2ccccc2)[C@H]3OCc2ccccc2)cc1. The maximum absolute atomic E-state index is 6.65. The van der Waals surface area contributed by atoms with Gasteiger partial charge in [0.25, 0.3) is 0 Å². The van der Waals surface area contributed by atoms with Gasteiger partial charge in [-0.05, 0) is 22.3 Å². The van der Waals surface area contributed by atoms with Gasteiger partial charge in [-0.2, -0.15) is 0 Å². The molecule has 0 aromatic heterocycles. The number of rotatable bonds is 12. The molecule has 1 heterocycles. The van der Waals surface area contributed by atoms with E-state index in [-0.39, 0.29) is 6.79 Å².